The maximum absolute atomic E-state index is 15.3. The number of quaternary nitrogens is 1. The summed E-state index contributed by atoms with van der Waals surface area (Å²) in [5, 5.41) is 9.54. The molecule has 6 nitrogen and oxygen atoms in total. The third-order valence-corrected chi connectivity index (χ3v) is 6.86. The molecule has 0 radical (unpaired) electrons. The quantitative estimate of drug-likeness (QED) is 0.590. The maximum atomic E-state index is 15.3. The van der Waals surface area contributed by atoms with Gasteiger partial charge in [-0.15, -0.1) is 0 Å². The smallest absolute Gasteiger partial charge is 0.339 e. The third kappa shape index (κ3) is 2.53. The molecule has 0 aromatic rings. The second-order valence-electron chi connectivity index (χ2n) is 8.19. The number of aliphatic carboxylic acids is 1. The minimum atomic E-state index is -1.31. The minimum absolute atomic E-state index is 0.199. The number of nitrogens with zero attached hydrogens (tertiary/aromatic N) is 2. The highest BCUT2D eigenvalue weighted by molar-refractivity contribution is 6.22. The summed E-state index contributed by atoms with van der Waals surface area (Å²) in [4.78, 5) is 27.3. The Labute approximate surface area is 163 Å². The fourth-order valence-electron chi connectivity index (χ4n) is 5.20. The van der Waals surface area contributed by atoms with Crippen LogP contribution in [0.25, 0.3) is 0 Å². The van der Waals surface area contributed by atoms with Gasteiger partial charge >= 0.3 is 5.97 Å². The van der Waals surface area contributed by atoms with Crippen LogP contribution in [0, 0.1) is 0 Å². The first kappa shape index (κ1) is 19.1. The molecule has 3 heterocycles. The normalized spacial score (nSPS) is 33.2. The molecule has 4 rings (SSSR count). The third-order valence-electron chi connectivity index (χ3n) is 6.86. The Morgan fingerprint density at radius 2 is 2.11 bits per heavy atom. The molecule has 3 aliphatic heterocycles. The van der Waals surface area contributed by atoms with E-state index in [9.17, 15) is 14.7 Å². The highest BCUT2D eigenvalue weighted by Gasteiger charge is 2.63. The topological polar surface area (TPSA) is 66.8 Å². The molecular formula is C21H26FN2O4+. The zero-order valence-electron chi connectivity index (χ0n) is 16.3. The molecule has 4 aliphatic rings. The number of halogens is 1. The van der Waals surface area contributed by atoms with Crippen molar-refractivity contribution in [3.8, 4) is 0 Å². The largest absolute Gasteiger partial charge is 0.478 e. The van der Waals surface area contributed by atoms with Gasteiger partial charge in [-0.1, -0.05) is 6.08 Å². The Morgan fingerprint density at radius 1 is 1.39 bits per heavy atom. The Balaban J connectivity index is 1.85. The van der Waals surface area contributed by atoms with Gasteiger partial charge in [-0.2, -0.15) is 0 Å². The van der Waals surface area contributed by atoms with E-state index >= 15 is 4.39 Å². The van der Waals surface area contributed by atoms with Crippen LogP contribution in [-0.2, 0) is 14.3 Å². The molecule has 0 saturated carbocycles. The van der Waals surface area contributed by atoms with Crippen molar-refractivity contribution in [1.29, 1.82) is 0 Å². The van der Waals surface area contributed by atoms with Gasteiger partial charge in [0.05, 0.1) is 31.8 Å². The number of likely N-dealkylation sites (N-methyl/N-ethyl adjacent to an activating group) is 1. The number of allylic oxidation sites excluding steroid dienone is 2. The molecule has 1 saturated heterocycles. The van der Waals surface area contributed by atoms with Crippen LogP contribution in [0.5, 0.6) is 0 Å². The summed E-state index contributed by atoms with van der Waals surface area (Å²) >= 11 is 0. The van der Waals surface area contributed by atoms with Crippen molar-refractivity contribution in [2.75, 3.05) is 40.3 Å². The number of carbonyl (C=O) groups is 2. The fourth-order valence-corrected chi connectivity index (χ4v) is 5.20. The van der Waals surface area contributed by atoms with Gasteiger partial charge in [0.1, 0.15) is 11.4 Å². The number of ether oxygens (including phenoxy) is 1. The van der Waals surface area contributed by atoms with Gasteiger partial charge in [-0.3, -0.25) is 4.79 Å². The van der Waals surface area contributed by atoms with Crippen molar-refractivity contribution in [1.82, 2.24) is 4.90 Å². The number of hydrogen-bond donors (Lipinski definition) is 1. The number of carbonyl (C=O) groups excluding carboxylic acids is 1. The maximum Gasteiger partial charge on any atom is 0.339 e. The van der Waals surface area contributed by atoms with Gasteiger partial charge in [0, 0.05) is 32.3 Å². The van der Waals surface area contributed by atoms with Crippen LogP contribution in [0.1, 0.15) is 19.3 Å². The van der Waals surface area contributed by atoms with Crippen molar-refractivity contribution in [2.24, 2.45) is 0 Å². The van der Waals surface area contributed by atoms with E-state index < -0.39 is 23.1 Å². The van der Waals surface area contributed by atoms with Crippen LogP contribution >= 0.6 is 0 Å². The number of Topliss-reactive ketones (excluding diaryl/α,β-unsaturated/α-hetero) is 1. The minimum Gasteiger partial charge on any atom is -0.478 e. The number of piperidine rings is 1. The van der Waals surface area contributed by atoms with Crippen molar-refractivity contribution in [3.63, 3.8) is 0 Å². The van der Waals surface area contributed by atoms with E-state index in [0.29, 0.717) is 25.1 Å². The van der Waals surface area contributed by atoms with Crippen molar-refractivity contribution < 1.29 is 28.3 Å². The molecule has 0 bridgehead atoms. The molecule has 7 heteroatoms. The molecule has 150 valence electrons. The predicted molar refractivity (Wildman–Crippen MR) is 101 cm³/mol. The SMILES string of the molecule is COC1CCN(C2=C3C(F)=CC=CC34C(=O)C(C(=O)O)=CC[N@+]4(C)CC2)CC1. The van der Waals surface area contributed by atoms with Crippen LogP contribution < -0.4 is 0 Å². The molecule has 1 aliphatic carbocycles. The molecule has 0 aromatic carbocycles. The first-order valence-corrected chi connectivity index (χ1v) is 9.74. The molecule has 1 N–H and O–H groups in total. The van der Waals surface area contributed by atoms with Crippen LogP contribution in [-0.4, -0.2) is 78.2 Å². The van der Waals surface area contributed by atoms with Gasteiger partial charge in [0.25, 0.3) is 0 Å². The van der Waals surface area contributed by atoms with E-state index in [1.807, 2.05) is 7.05 Å². The second-order valence-corrected chi connectivity index (χ2v) is 8.19. The Hall–Kier alpha value is -2.25. The van der Waals surface area contributed by atoms with Gasteiger partial charge in [0.2, 0.25) is 11.3 Å². The van der Waals surface area contributed by atoms with Crippen LogP contribution in [0.4, 0.5) is 4.39 Å². The van der Waals surface area contributed by atoms with Crippen LogP contribution in [0.2, 0.25) is 0 Å². The molecule has 28 heavy (non-hydrogen) atoms. The van der Waals surface area contributed by atoms with Crippen molar-refractivity contribution in [2.45, 2.75) is 30.9 Å². The van der Waals surface area contributed by atoms with Gasteiger partial charge in [-0.05, 0) is 31.1 Å². The number of methoxy groups -OCH3 is 1. The Bertz CT molecular complexity index is 850. The number of carboxylic acid groups (broad SMARTS) is 1. The average Bonchev–Trinajstić information content (AvgIpc) is 2.68. The summed E-state index contributed by atoms with van der Waals surface area (Å²) in [6, 6.07) is 0. The number of carboxylic acids is 1. The zero-order chi connectivity index (χ0) is 20.1. The average molecular weight is 389 g/mol. The summed E-state index contributed by atoms with van der Waals surface area (Å²) in [5.74, 6) is -2.20. The zero-order valence-corrected chi connectivity index (χ0v) is 16.3. The Morgan fingerprint density at radius 3 is 2.75 bits per heavy atom. The van der Waals surface area contributed by atoms with E-state index in [-0.39, 0.29) is 16.2 Å². The summed E-state index contributed by atoms with van der Waals surface area (Å²) < 4.78 is 21.0. The predicted octanol–water partition coefficient (Wildman–Crippen LogP) is 1.96. The molecule has 1 unspecified atom stereocenters. The number of rotatable bonds is 3. The fraction of sp³-hybridized carbons (Fsp3) is 0.524. The van der Waals surface area contributed by atoms with Crippen molar-refractivity contribution >= 4 is 11.8 Å². The van der Waals surface area contributed by atoms with E-state index in [4.69, 9.17) is 4.74 Å². The van der Waals surface area contributed by atoms with E-state index in [0.717, 1.165) is 31.6 Å². The molecule has 0 amide bonds. The lowest BCUT2D eigenvalue weighted by Gasteiger charge is -2.55. The van der Waals surface area contributed by atoms with Crippen LogP contribution in [0.15, 0.2) is 47.0 Å². The molecular weight excluding hydrogens is 363 g/mol. The second kappa shape index (κ2) is 6.67. The van der Waals surface area contributed by atoms with Crippen molar-refractivity contribution in [3.05, 3.63) is 47.0 Å². The first-order valence-electron chi connectivity index (χ1n) is 9.74. The lowest BCUT2D eigenvalue weighted by atomic mass is 9.70. The lowest BCUT2D eigenvalue weighted by Crippen LogP contribution is -2.71. The van der Waals surface area contributed by atoms with Gasteiger partial charge in [0.15, 0.2) is 0 Å². The summed E-state index contributed by atoms with van der Waals surface area (Å²) in [5.41, 5.74) is -0.362. The van der Waals surface area contributed by atoms with Crippen LogP contribution in [0.3, 0.4) is 0 Å². The monoisotopic (exact) mass is 389 g/mol. The summed E-state index contributed by atoms with van der Waals surface area (Å²) in [6.07, 6.45) is 8.69. The van der Waals surface area contributed by atoms with E-state index in [2.05, 4.69) is 4.90 Å². The first-order chi connectivity index (χ1) is 13.3. The van der Waals surface area contributed by atoms with E-state index in [1.54, 1.807) is 19.3 Å². The number of likely N-dealkylation sites (tertiary alicyclic amines) is 1. The Kier molecular flexibility index (Phi) is 4.55. The van der Waals surface area contributed by atoms with Gasteiger partial charge < -0.3 is 19.2 Å². The standard InChI is InChI=1S/C21H25FN2O4/c1-24-12-7-15(20(26)27)19(25)21(24)9-3-4-16(22)18(21)17(8-13-24)23-10-5-14(28-2)6-11-23/h3-4,7,9,14H,5-6,8,10-13H2,1-2H3/p+1/t21?,24-/m1/s1. The molecule has 1 spiro atoms. The highest BCUT2D eigenvalue weighted by Crippen LogP contribution is 2.49. The molecule has 2 atom stereocenters. The lowest BCUT2D eigenvalue weighted by molar-refractivity contribution is -0.934. The summed E-state index contributed by atoms with van der Waals surface area (Å²) in [6.45, 7) is 2.51. The molecule has 1 fully saturated rings. The van der Waals surface area contributed by atoms with E-state index in [1.165, 1.54) is 12.2 Å². The number of hydrogen-bond acceptors (Lipinski definition) is 4. The van der Waals surface area contributed by atoms with Gasteiger partial charge in [-0.25, -0.2) is 9.18 Å². The molecule has 0 aromatic heterocycles. The summed E-state index contributed by atoms with van der Waals surface area (Å²) in [7, 11) is 3.62. The highest BCUT2D eigenvalue weighted by atomic mass is 19.1. The number of ketones is 1.